The number of esters is 1. The summed E-state index contributed by atoms with van der Waals surface area (Å²) < 4.78 is 11.7. The summed E-state index contributed by atoms with van der Waals surface area (Å²) in [5.74, 6) is -0.499. The van der Waals surface area contributed by atoms with Gasteiger partial charge in [-0.1, -0.05) is 5.21 Å². The van der Waals surface area contributed by atoms with E-state index in [1.165, 1.54) is 12.0 Å². The molecule has 2 rings (SSSR count). The van der Waals surface area contributed by atoms with Gasteiger partial charge in [0, 0.05) is 13.0 Å². The molecule has 1 aliphatic heterocycles. The molecule has 0 aromatic carbocycles. The molecule has 0 aliphatic carbocycles. The molecule has 1 aromatic heterocycles. The molecule has 2 atom stereocenters. The Morgan fingerprint density at radius 2 is 2.13 bits per heavy atom. The van der Waals surface area contributed by atoms with E-state index >= 15 is 0 Å². The number of likely N-dealkylation sites (tertiary alicyclic amines) is 1. The molecule has 0 bridgehead atoms. The Labute approximate surface area is 134 Å². The van der Waals surface area contributed by atoms with Gasteiger partial charge in [-0.05, 0) is 20.8 Å². The highest BCUT2D eigenvalue weighted by Crippen LogP contribution is 2.29. The van der Waals surface area contributed by atoms with Crippen LogP contribution in [-0.4, -0.2) is 62.4 Å². The third-order valence-corrected chi connectivity index (χ3v) is 3.47. The number of aliphatic hydroxyl groups is 1. The van der Waals surface area contributed by atoms with E-state index in [0.717, 1.165) is 0 Å². The average molecular weight is 326 g/mol. The number of carbonyl (C=O) groups is 2. The first-order valence-corrected chi connectivity index (χ1v) is 7.34. The number of ether oxygens (including phenoxy) is 2. The zero-order chi connectivity index (χ0) is 17.2. The van der Waals surface area contributed by atoms with E-state index in [-0.39, 0.29) is 19.2 Å². The van der Waals surface area contributed by atoms with E-state index in [9.17, 15) is 9.59 Å². The summed E-state index contributed by atoms with van der Waals surface area (Å²) in [5, 5.41) is 16.8. The average Bonchev–Trinajstić information content (AvgIpc) is 3.10. The van der Waals surface area contributed by atoms with Gasteiger partial charge in [0.25, 0.3) is 0 Å². The quantitative estimate of drug-likeness (QED) is 0.806. The van der Waals surface area contributed by atoms with Crippen LogP contribution in [0.25, 0.3) is 0 Å². The summed E-state index contributed by atoms with van der Waals surface area (Å²) in [5.41, 5.74) is -0.233. The van der Waals surface area contributed by atoms with Crippen molar-refractivity contribution in [3.63, 3.8) is 0 Å². The molecule has 1 amide bonds. The fourth-order valence-electron chi connectivity index (χ4n) is 2.45. The number of hydrogen-bond donors (Lipinski definition) is 1. The van der Waals surface area contributed by atoms with E-state index in [2.05, 4.69) is 10.3 Å². The molecule has 0 saturated carbocycles. The van der Waals surface area contributed by atoms with Crippen LogP contribution in [0.2, 0.25) is 0 Å². The molecule has 1 fully saturated rings. The Bertz CT molecular complexity index is 580. The van der Waals surface area contributed by atoms with Crippen LogP contribution < -0.4 is 0 Å². The Kier molecular flexibility index (Phi) is 4.88. The lowest BCUT2D eigenvalue weighted by atomic mass is 10.2. The highest BCUT2D eigenvalue weighted by atomic mass is 16.6. The smallest absolute Gasteiger partial charge is 0.411 e. The largest absolute Gasteiger partial charge is 0.467 e. The third kappa shape index (κ3) is 3.98. The molecule has 0 radical (unpaired) electrons. The predicted molar refractivity (Wildman–Crippen MR) is 78.3 cm³/mol. The van der Waals surface area contributed by atoms with Crippen molar-refractivity contribution in [1.82, 2.24) is 19.9 Å². The van der Waals surface area contributed by atoms with Crippen molar-refractivity contribution in [2.75, 3.05) is 13.7 Å². The maximum absolute atomic E-state index is 12.3. The second-order valence-corrected chi connectivity index (χ2v) is 6.41. The summed E-state index contributed by atoms with van der Waals surface area (Å²) in [6.07, 6.45) is 1.37. The van der Waals surface area contributed by atoms with Crippen LogP contribution in [0.1, 0.15) is 38.9 Å². The minimum Gasteiger partial charge on any atom is -0.467 e. The van der Waals surface area contributed by atoms with Gasteiger partial charge < -0.3 is 14.6 Å². The molecule has 128 valence electrons. The van der Waals surface area contributed by atoms with E-state index in [4.69, 9.17) is 14.6 Å². The second-order valence-electron chi connectivity index (χ2n) is 6.41. The molecule has 1 saturated heterocycles. The van der Waals surface area contributed by atoms with Crippen molar-refractivity contribution in [2.24, 2.45) is 0 Å². The fourth-order valence-corrected chi connectivity index (χ4v) is 2.45. The van der Waals surface area contributed by atoms with E-state index in [1.54, 1.807) is 31.6 Å². The van der Waals surface area contributed by atoms with E-state index < -0.39 is 23.7 Å². The SMILES string of the molecule is COC(=O)[C@@H]1CC(n2cc(CO)nn2)CN1C(=O)OC(C)(C)C. The van der Waals surface area contributed by atoms with Crippen LogP contribution in [-0.2, 0) is 20.9 Å². The van der Waals surface area contributed by atoms with Gasteiger partial charge in [-0.3, -0.25) is 4.90 Å². The minimum absolute atomic E-state index is 0.219. The van der Waals surface area contributed by atoms with E-state index in [0.29, 0.717) is 12.1 Å². The number of carbonyl (C=O) groups excluding carboxylic acids is 2. The predicted octanol–water partition coefficient (Wildman–Crippen LogP) is 0.494. The Hall–Kier alpha value is -2.16. The molecule has 1 N–H and O–H groups in total. The highest BCUT2D eigenvalue weighted by molar-refractivity contribution is 5.82. The standard InChI is InChI=1S/C14H22N4O5/c1-14(2,3)23-13(21)17-7-10(5-11(17)12(20)22-4)18-6-9(8-19)15-16-18/h6,10-11,19H,5,7-8H2,1-4H3/t10?,11-/m0/s1. The summed E-state index contributed by atoms with van der Waals surface area (Å²) in [6.45, 7) is 5.31. The van der Waals surface area contributed by atoms with Crippen molar-refractivity contribution in [3.05, 3.63) is 11.9 Å². The Morgan fingerprint density at radius 1 is 1.43 bits per heavy atom. The second kappa shape index (κ2) is 6.53. The van der Waals surface area contributed by atoms with Gasteiger partial charge in [-0.25, -0.2) is 14.3 Å². The normalized spacial score (nSPS) is 21.3. The van der Waals surface area contributed by atoms with Crippen molar-refractivity contribution in [1.29, 1.82) is 0 Å². The number of methoxy groups -OCH3 is 1. The number of nitrogens with zero attached hydrogens (tertiary/aromatic N) is 4. The summed E-state index contributed by atoms with van der Waals surface area (Å²) in [7, 11) is 1.28. The lowest BCUT2D eigenvalue weighted by Crippen LogP contribution is -2.43. The minimum atomic E-state index is -0.735. The van der Waals surface area contributed by atoms with Crippen molar-refractivity contribution in [2.45, 2.75) is 51.5 Å². The summed E-state index contributed by atoms with van der Waals surface area (Å²) >= 11 is 0. The lowest BCUT2D eigenvalue weighted by Gasteiger charge is -2.27. The monoisotopic (exact) mass is 326 g/mol. The van der Waals surface area contributed by atoms with Gasteiger partial charge in [0.15, 0.2) is 0 Å². The van der Waals surface area contributed by atoms with Gasteiger partial charge >= 0.3 is 12.1 Å². The zero-order valence-corrected chi connectivity index (χ0v) is 13.7. The van der Waals surface area contributed by atoms with Crippen LogP contribution in [0.5, 0.6) is 0 Å². The Morgan fingerprint density at radius 3 is 2.65 bits per heavy atom. The molecule has 2 heterocycles. The number of rotatable bonds is 3. The number of aliphatic hydroxyl groups excluding tert-OH is 1. The van der Waals surface area contributed by atoms with Crippen LogP contribution in [0, 0.1) is 0 Å². The van der Waals surface area contributed by atoms with Gasteiger partial charge in [-0.15, -0.1) is 5.10 Å². The molecule has 23 heavy (non-hydrogen) atoms. The zero-order valence-electron chi connectivity index (χ0n) is 13.7. The molecule has 0 spiro atoms. The molecule has 1 aliphatic rings. The van der Waals surface area contributed by atoms with Crippen molar-refractivity contribution >= 4 is 12.1 Å². The van der Waals surface area contributed by atoms with Crippen molar-refractivity contribution in [3.8, 4) is 0 Å². The first-order chi connectivity index (χ1) is 10.7. The van der Waals surface area contributed by atoms with Crippen LogP contribution in [0.4, 0.5) is 4.79 Å². The van der Waals surface area contributed by atoms with Crippen LogP contribution >= 0.6 is 0 Å². The summed E-state index contributed by atoms with van der Waals surface area (Å²) in [4.78, 5) is 25.7. The molecule has 1 unspecified atom stereocenters. The molecule has 9 nitrogen and oxygen atoms in total. The first-order valence-electron chi connectivity index (χ1n) is 7.34. The molecule has 9 heteroatoms. The van der Waals surface area contributed by atoms with Gasteiger partial charge in [0.1, 0.15) is 17.3 Å². The fraction of sp³-hybridized carbons (Fsp3) is 0.714. The van der Waals surface area contributed by atoms with Crippen LogP contribution in [0.3, 0.4) is 0 Å². The molecular weight excluding hydrogens is 304 g/mol. The molecular formula is C14H22N4O5. The first kappa shape index (κ1) is 17.2. The lowest BCUT2D eigenvalue weighted by molar-refractivity contribution is -0.145. The third-order valence-electron chi connectivity index (χ3n) is 3.47. The van der Waals surface area contributed by atoms with Gasteiger partial charge in [-0.2, -0.15) is 0 Å². The van der Waals surface area contributed by atoms with E-state index in [1.807, 2.05) is 0 Å². The summed E-state index contributed by atoms with van der Waals surface area (Å²) in [6, 6.07) is -0.971. The Balaban J connectivity index is 2.18. The maximum Gasteiger partial charge on any atom is 0.411 e. The van der Waals surface area contributed by atoms with Crippen LogP contribution in [0.15, 0.2) is 6.20 Å². The molecule has 1 aromatic rings. The number of aromatic nitrogens is 3. The maximum atomic E-state index is 12.3. The number of hydrogen-bond acceptors (Lipinski definition) is 7. The topological polar surface area (TPSA) is 107 Å². The number of amides is 1. The van der Waals surface area contributed by atoms with Gasteiger partial charge in [0.05, 0.1) is 26.0 Å². The highest BCUT2D eigenvalue weighted by Gasteiger charge is 2.43. The van der Waals surface area contributed by atoms with Gasteiger partial charge in [0.2, 0.25) is 0 Å². The van der Waals surface area contributed by atoms with Crippen molar-refractivity contribution < 1.29 is 24.2 Å².